The van der Waals surface area contributed by atoms with E-state index >= 15 is 0 Å². The molecule has 0 aromatic heterocycles. The van der Waals surface area contributed by atoms with Gasteiger partial charge in [0.05, 0.1) is 0 Å². The number of halogens is 1. The smallest absolute Gasteiger partial charge is 0.223 e. The zero-order valence-corrected chi connectivity index (χ0v) is 13.8. The second-order valence-electron chi connectivity index (χ2n) is 5.87. The molecule has 4 nitrogen and oxygen atoms in total. The molecular weight excluding hydrogens is 300 g/mol. The Hall–Kier alpha value is -1.39. The fourth-order valence-corrected chi connectivity index (χ4v) is 2.82. The molecule has 5 heteroatoms. The molecule has 0 radical (unpaired) electrons. The summed E-state index contributed by atoms with van der Waals surface area (Å²) in [5, 5.41) is 0. The van der Waals surface area contributed by atoms with Gasteiger partial charge in [-0.25, -0.2) is 0 Å². The summed E-state index contributed by atoms with van der Waals surface area (Å²) in [6, 6.07) is 9.34. The van der Waals surface area contributed by atoms with Crippen molar-refractivity contribution in [2.75, 3.05) is 13.1 Å². The average molecular weight is 325 g/mol. The molecule has 1 unspecified atom stereocenters. The molecule has 1 aromatic rings. The number of nitrogens with two attached hydrogens (primary N) is 1. The number of hydrogen-bond donors (Lipinski definition) is 1. The van der Waals surface area contributed by atoms with Gasteiger partial charge in [0.2, 0.25) is 5.91 Å². The first kappa shape index (κ1) is 18.7. The van der Waals surface area contributed by atoms with E-state index in [1.54, 1.807) is 12.1 Å². The number of carbonyl (C=O) groups is 2. The van der Waals surface area contributed by atoms with E-state index in [0.717, 1.165) is 25.9 Å². The van der Waals surface area contributed by atoms with E-state index in [4.69, 9.17) is 5.73 Å². The van der Waals surface area contributed by atoms with Gasteiger partial charge < -0.3 is 10.6 Å². The van der Waals surface area contributed by atoms with E-state index < -0.39 is 0 Å². The summed E-state index contributed by atoms with van der Waals surface area (Å²) < 4.78 is 0. The number of nitrogens with zero attached hydrogens (tertiary/aromatic N) is 1. The molecule has 1 fully saturated rings. The number of Topliss-reactive ketones (excluding diaryl/α,β-unsaturated/α-hetero) is 1. The van der Waals surface area contributed by atoms with E-state index in [9.17, 15) is 9.59 Å². The molecule has 122 valence electrons. The van der Waals surface area contributed by atoms with Crippen molar-refractivity contribution in [2.45, 2.75) is 38.6 Å². The highest BCUT2D eigenvalue weighted by Crippen LogP contribution is 2.20. The van der Waals surface area contributed by atoms with Crippen LogP contribution in [0, 0.1) is 5.92 Å². The standard InChI is InChI=1S/C17H24N2O2.ClH/c1-13(18)14-9-11-19(12-10-14)17(21)8-7-16(20)15-5-3-2-4-6-15;/h2-6,13-14H,7-12,18H2,1H3;1H. The number of carbonyl (C=O) groups excluding carboxylic acids is 2. The monoisotopic (exact) mass is 324 g/mol. The third-order valence-corrected chi connectivity index (χ3v) is 4.30. The van der Waals surface area contributed by atoms with Crippen LogP contribution in [0.4, 0.5) is 0 Å². The van der Waals surface area contributed by atoms with E-state index in [1.807, 2.05) is 30.0 Å². The number of benzene rings is 1. The fraction of sp³-hybridized carbons (Fsp3) is 0.529. The SMILES string of the molecule is CC(N)C1CCN(C(=O)CCC(=O)c2ccccc2)CC1.Cl. The zero-order chi connectivity index (χ0) is 15.2. The average Bonchev–Trinajstić information content (AvgIpc) is 2.53. The normalized spacial score (nSPS) is 16.7. The summed E-state index contributed by atoms with van der Waals surface area (Å²) in [5.41, 5.74) is 6.58. The number of amides is 1. The van der Waals surface area contributed by atoms with Crippen LogP contribution in [-0.2, 0) is 4.79 Å². The number of ketones is 1. The lowest BCUT2D eigenvalue weighted by molar-refractivity contribution is -0.132. The third kappa shape index (κ3) is 5.11. The first-order valence-corrected chi connectivity index (χ1v) is 7.69. The lowest BCUT2D eigenvalue weighted by atomic mass is 9.91. The molecule has 1 atom stereocenters. The Balaban J connectivity index is 0.00000242. The van der Waals surface area contributed by atoms with Crippen molar-refractivity contribution in [3.63, 3.8) is 0 Å². The molecule has 2 N–H and O–H groups in total. The van der Waals surface area contributed by atoms with Gasteiger partial charge in [-0.05, 0) is 25.7 Å². The molecule has 0 aliphatic carbocycles. The molecular formula is C17H25ClN2O2. The van der Waals surface area contributed by atoms with Crippen molar-refractivity contribution in [2.24, 2.45) is 11.7 Å². The molecule has 1 aliphatic heterocycles. The molecule has 1 aliphatic rings. The van der Waals surface area contributed by atoms with Crippen LogP contribution in [0.15, 0.2) is 30.3 Å². The summed E-state index contributed by atoms with van der Waals surface area (Å²) in [5.74, 6) is 0.636. The predicted octanol–water partition coefficient (Wildman–Crippen LogP) is 2.66. The lowest BCUT2D eigenvalue weighted by Crippen LogP contribution is -2.42. The highest BCUT2D eigenvalue weighted by Gasteiger charge is 2.24. The van der Waals surface area contributed by atoms with Gasteiger partial charge in [-0.15, -0.1) is 12.4 Å². The minimum absolute atomic E-state index is 0. The number of hydrogen-bond acceptors (Lipinski definition) is 3. The van der Waals surface area contributed by atoms with Gasteiger partial charge >= 0.3 is 0 Å². The minimum Gasteiger partial charge on any atom is -0.343 e. The highest BCUT2D eigenvalue weighted by atomic mass is 35.5. The van der Waals surface area contributed by atoms with Crippen LogP contribution < -0.4 is 5.73 Å². The highest BCUT2D eigenvalue weighted by molar-refractivity contribution is 5.97. The van der Waals surface area contributed by atoms with E-state index in [-0.39, 0.29) is 36.6 Å². The van der Waals surface area contributed by atoms with E-state index in [2.05, 4.69) is 0 Å². The van der Waals surface area contributed by atoms with Crippen LogP contribution in [0.25, 0.3) is 0 Å². The van der Waals surface area contributed by atoms with E-state index in [1.165, 1.54) is 0 Å². The summed E-state index contributed by atoms with van der Waals surface area (Å²) in [7, 11) is 0. The predicted molar refractivity (Wildman–Crippen MR) is 90.2 cm³/mol. The quantitative estimate of drug-likeness (QED) is 0.847. The Bertz CT molecular complexity index is 483. The maximum atomic E-state index is 12.2. The van der Waals surface area contributed by atoms with Gasteiger partial charge in [-0.1, -0.05) is 30.3 Å². The lowest BCUT2D eigenvalue weighted by Gasteiger charge is -2.33. The summed E-state index contributed by atoms with van der Waals surface area (Å²) in [6.07, 6.45) is 2.53. The van der Waals surface area contributed by atoms with Crippen LogP contribution in [0.2, 0.25) is 0 Å². The molecule has 0 bridgehead atoms. The van der Waals surface area contributed by atoms with Crippen molar-refractivity contribution in [1.82, 2.24) is 4.90 Å². The van der Waals surface area contributed by atoms with Crippen molar-refractivity contribution in [1.29, 1.82) is 0 Å². The maximum absolute atomic E-state index is 12.2. The molecule has 1 aromatic carbocycles. The molecule has 1 heterocycles. The molecule has 1 saturated heterocycles. The molecule has 0 saturated carbocycles. The Kier molecular flexibility index (Phi) is 7.56. The zero-order valence-electron chi connectivity index (χ0n) is 13.0. The van der Waals surface area contributed by atoms with Gasteiger partial charge in [0.15, 0.2) is 5.78 Å². The van der Waals surface area contributed by atoms with Gasteiger partial charge in [-0.3, -0.25) is 9.59 Å². The van der Waals surface area contributed by atoms with Crippen LogP contribution in [0.5, 0.6) is 0 Å². The Morgan fingerprint density at radius 1 is 1.18 bits per heavy atom. The summed E-state index contributed by atoms with van der Waals surface area (Å²) in [4.78, 5) is 26.0. The van der Waals surface area contributed by atoms with Crippen molar-refractivity contribution in [3.8, 4) is 0 Å². The second kappa shape index (κ2) is 8.91. The van der Waals surface area contributed by atoms with Crippen molar-refractivity contribution in [3.05, 3.63) is 35.9 Å². The Morgan fingerprint density at radius 3 is 2.32 bits per heavy atom. The summed E-state index contributed by atoms with van der Waals surface area (Å²) in [6.45, 7) is 3.57. The molecule has 0 spiro atoms. The van der Waals surface area contributed by atoms with Crippen molar-refractivity contribution >= 4 is 24.1 Å². The molecule has 22 heavy (non-hydrogen) atoms. The fourth-order valence-electron chi connectivity index (χ4n) is 2.82. The first-order valence-electron chi connectivity index (χ1n) is 7.69. The summed E-state index contributed by atoms with van der Waals surface area (Å²) >= 11 is 0. The van der Waals surface area contributed by atoms with Crippen LogP contribution in [-0.4, -0.2) is 35.7 Å². The molecule has 2 rings (SSSR count). The van der Waals surface area contributed by atoms with Crippen LogP contribution >= 0.6 is 12.4 Å². The largest absolute Gasteiger partial charge is 0.343 e. The Labute approximate surface area is 138 Å². The number of likely N-dealkylation sites (tertiary alicyclic amines) is 1. The topological polar surface area (TPSA) is 63.4 Å². The first-order chi connectivity index (χ1) is 10.1. The van der Waals surface area contributed by atoms with Gasteiger partial charge in [0.25, 0.3) is 0 Å². The second-order valence-corrected chi connectivity index (χ2v) is 5.87. The minimum atomic E-state index is 0. The van der Waals surface area contributed by atoms with E-state index in [0.29, 0.717) is 17.9 Å². The van der Waals surface area contributed by atoms with Crippen LogP contribution in [0.3, 0.4) is 0 Å². The van der Waals surface area contributed by atoms with Gasteiger partial charge in [-0.2, -0.15) is 0 Å². The van der Waals surface area contributed by atoms with Gasteiger partial charge in [0, 0.05) is 37.5 Å². The maximum Gasteiger partial charge on any atom is 0.223 e. The molecule has 1 amide bonds. The number of piperidine rings is 1. The van der Waals surface area contributed by atoms with Crippen LogP contribution in [0.1, 0.15) is 43.0 Å². The number of rotatable bonds is 5. The van der Waals surface area contributed by atoms with Gasteiger partial charge in [0.1, 0.15) is 0 Å². The van der Waals surface area contributed by atoms with Crippen molar-refractivity contribution < 1.29 is 9.59 Å². The Morgan fingerprint density at radius 2 is 1.77 bits per heavy atom. The third-order valence-electron chi connectivity index (χ3n) is 4.30.